The number of esters is 1. The summed E-state index contributed by atoms with van der Waals surface area (Å²) < 4.78 is 29.8. The zero-order chi connectivity index (χ0) is 16.3. The molecule has 0 bridgehead atoms. The van der Waals surface area contributed by atoms with Crippen LogP contribution >= 0.6 is 0 Å². The molecule has 1 rings (SSSR count). The van der Waals surface area contributed by atoms with E-state index in [1.807, 2.05) is 0 Å². The van der Waals surface area contributed by atoms with Crippen molar-refractivity contribution in [3.63, 3.8) is 0 Å². The number of nitrogens with zero attached hydrogens (tertiary/aromatic N) is 1. The summed E-state index contributed by atoms with van der Waals surface area (Å²) in [6.07, 6.45) is 1.24. The average Bonchev–Trinajstić information content (AvgIpc) is 2.45. The van der Waals surface area contributed by atoms with Gasteiger partial charge < -0.3 is 10.1 Å². The Kier molecular flexibility index (Phi) is 5.75. The molecule has 1 fully saturated rings. The normalized spacial score (nSPS) is 20.9. The van der Waals surface area contributed by atoms with Gasteiger partial charge in [0.05, 0.1) is 18.8 Å². The summed E-state index contributed by atoms with van der Waals surface area (Å²) in [7, 11) is -2.03. The predicted molar refractivity (Wildman–Crippen MR) is 78.0 cm³/mol. The summed E-state index contributed by atoms with van der Waals surface area (Å²) in [5.74, 6) is -1.27. The summed E-state index contributed by atoms with van der Waals surface area (Å²) in [6, 6.07) is 0. The molecule has 21 heavy (non-hydrogen) atoms. The standard InChI is InChI=1S/C13H24N2O5S/c1-5-21(18,19)15-8-6-7-10(9-15)11(16)14-13(2,3)12(17)20-4/h10H,5-9H2,1-4H3,(H,14,16)/t10-/m0/s1. The maximum absolute atomic E-state index is 12.3. The maximum atomic E-state index is 12.3. The number of ether oxygens (including phenoxy) is 1. The van der Waals surface area contributed by atoms with E-state index in [2.05, 4.69) is 10.1 Å². The Morgan fingerprint density at radius 2 is 2.00 bits per heavy atom. The number of hydrogen-bond donors (Lipinski definition) is 1. The van der Waals surface area contributed by atoms with E-state index in [1.54, 1.807) is 20.8 Å². The van der Waals surface area contributed by atoms with Crippen LogP contribution in [-0.4, -0.2) is 56.1 Å². The third-order valence-electron chi connectivity index (χ3n) is 3.64. The van der Waals surface area contributed by atoms with E-state index in [1.165, 1.54) is 11.4 Å². The van der Waals surface area contributed by atoms with Crippen molar-refractivity contribution in [2.45, 2.75) is 39.2 Å². The van der Waals surface area contributed by atoms with Crippen LogP contribution in [0.25, 0.3) is 0 Å². The van der Waals surface area contributed by atoms with Gasteiger partial charge in [0.1, 0.15) is 5.54 Å². The lowest BCUT2D eigenvalue weighted by Crippen LogP contribution is -2.54. The highest BCUT2D eigenvalue weighted by Crippen LogP contribution is 2.20. The maximum Gasteiger partial charge on any atom is 0.330 e. The largest absolute Gasteiger partial charge is 0.467 e. The highest BCUT2D eigenvalue weighted by atomic mass is 32.2. The molecule has 0 aromatic carbocycles. The first-order chi connectivity index (χ1) is 9.64. The minimum atomic E-state index is -3.29. The Morgan fingerprint density at radius 1 is 1.38 bits per heavy atom. The lowest BCUT2D eigenvalue weighted by atomic mass is 9.96. The molecule has 1 aliphatic heterocycles. The van der Waals surface area contributed by atoms with Crippen molar-refractivity contribution in [2.75, 3.05) is 26.0 Å². The second-order valence-corrected chi connectivity index (χ2v) is 7.96. The van der Waals surface area contributed by atoms with E-state index in [9.17, 15) is 18.0 Å². The molecule has 122 valence electrons. The number of nitrogens with one attached hydrogen (secondary N) is 1. The second-order valence-electron chi connectivity index (χ2n) is 5.70. The van der Waals surface area contributed by atoms with Gasteiger partial charge in [-0.25, -0.2) is 17.5 Å². The van der Waals surface area contributed by atoms with Gasteiger partial charge in [0.25, 0.3) is 0 Å². The van der Waals surface area contributed by atoms with E-state index in [0.29, 0.717) is 19.4 Å². The zero-order valence-corrected chi connectivity index (χ0v) is 13.8. The van der Waals surface area contributed by atoms with Gasteiger partial charge in [0, 0.05) is 13.1 Å². The number of hydrogen-bond acceptors (Lipinski definition) is 5. The molecule has 7 nitrogen and oxygen atoms in total. The van der Waals surface area contributed by atoms with Gasteiger partial charge in [-0.2, -0.15) is 0 Å². The number of sulfonamides is 1. The third kappa shape index (κ3) is 4.41. The van der Waals surface area contributed by atoms with Gasteiger partial charge in [0.2, 0.25) is 15.9 Å². The van der Waals surface area contributed by atoms with Crippen LogP contribution in [0, 0.1) is 5.92 Å². The van der Waals surface area contributed by atoms with Crippen LogP contribution in [0.4, 0.5) is 0 Å². The van der Waals surface area contributed by atoms with Crippen molar-refractivity contribution >= 4 is 21.9 Å². The van der Waals surface area contributed by atoms with E-state index >= 15 is 0 Å². The number of amides is 1. The van der Waals surface area contributed by atoms with Crippen LogP contribution in [0.15, 0.2) is 0 Å². The Balaban J connectivity index is 2.73. The first-order valence-electron chi connectivity index (χ1n) is 7.02. The number of rotatable bonds is 5. The molecule has 0 unspecified atom stereocenters. The van der Waals surface area contributed by atoms with E-state index < -0.39 is 27.4 Å². The van der Waals surface area contributed by atoms with Crippen molar-refractivity contribution in [3.8, 4) is 0 Å². The first-order valence-corrected chi connectivity index (χ1v) is 8.63. The van der Waals surface area contributed by atoms with Crippen molar-refractivity contribution in [1.29, 1.82) is 0 Å². The molecule has 8 heteroatoms. The molecule has 0 aromatic heterocycles. The van der Waals surface area contributed by atoms with Crippen LogP contribution in [0.5, 0.6) is 0 Å². The molecule has 0 aromatic rings. The molecule has 1 amide bonds. The van der Waals surface area contributed by atoms with Crippen LogP contribution in [0.1, 0.15) is 33.6 Å². The smallest absolute Gasteiger partial charge is 0.330 e. The van der Waals surface area contributed by atoms with Gasteiger partial charge in [0.15, 0.2) is 0 Å². The number of piperidine rings is 1. The monoisotopic (exact) mass is 320 g/mol. The average molecular weight is 320 g/mol. The fourth-order valence-electron chi connectivity index (χ4n) is 2.31. The summed E-state index contributed by atoms with van der Waals surface area (Å²) >= 11 is 0. The molecule has 1 heterocycles. The number of methoxy groups -OCH3 is 1. The molecule has 0 spiro atoms. The molecule has 1 saturated heterocycles. The van der Waals surface area contributed by atoms with Crippen molar-refractivity contribution < 1.29 is 22.7 Å². The lowest BCUT2D eigenvalue weighted by molar-refractivity contribution is -0.150. The van der Waals surface area contributed by atoms with E-state index in [4.69, 9.17) is 0 Å². The number of carbonyl (C=O) groups excluding carboxylic acids is 2. The van der Waals surface area contributed by atoms with E-state index in [-0.39, 0.29) is 18.2 Å². The molecule has 1 atom stereocenters. The highest BCUT2D eigenvalue weighted by molar-refractivity contribution is 7.89. The zero-order valence-electron chi connectivity index (χ0n) is 13.0. The lowest BCUT2D eigenvalue weighted by Gasteiger charge is -2.33. The van der Waals surface area contributed by atoms with Crippen molar-refractivity contribution in [1.82, 2.24) is 9.62 Å². The molecule has 0 aliphatic carbocycles. The summed E-state index contributed by atoms with van der Waals surface area (Å²) in [6.45, 7) is 5.30. The Morgan fingerprint density at radius 3 is 2.52 bits per heavy atom. The van der Waals surface area contributed by atoms with Crippen molar-refractivity contribution in [3.05, 3.63) is 0 Å². The first kappa shape index (κ1) is 17.9. The van der Waals surface area contributed by atoms with Gasteiger partial charge in [-0.05, 0) is 33.6 Å². The molecular weight excluding hydrogens is 296 g/mol. The Labute approximate surface area is 126 Å². The summed E-state index contributed by atoms with van der Waals surface area (Å²) in [5.41, 5.74) is -1.13. The molecule has 1 N–H and O–H groups in total. The van der Waals surface area contributed by atoms with Crippen LogP contribution in [0.3, 0.4) is 0 Å². The topological polar surface area (TPSA) is 92.8 Å². The van der Waals surface area contributed by atoms with Gasteiger partial charge in [-0.15, -0.1) is 0 Å². The van der Waals surface area contributed by atoms with E-state index in [0.717, 1.165) is 0 Å². The Bertz CT molecular complexity index is 501. The van der Waals surface area contributed by atoms with Gasteiger partial charge in [-0.1, -0.05) is 0 Å². The fourth-order valence-corrected chi connectivity index (χ4v) is 3.49. The quantitative estimate of drug-likeness (QED) is 0.726. The van der Waals surface area contributed by atoms with Crippen LogP contribution in [-0.2, 0) is 24.3 Å². The summed E-state index contributed by atoms with van der Waals surface area (Å²) in [5, 5.41) is 2.63. The highest BCUT2D eigenvalue weighted by Gasteiger charge is 2.36. The Hall–Kier alpha value is -1.15. The molecule has 0 radical (unpaired) electrons. The minimum Gasteiger partial charge on any atom is -0.467 e. The van der Waals surface area contributed by atoms with Crippen molar-refractivity contribution in [2.24, 2.45) is 5.92 Å². The molecular formula is C13H24N2O5S. The predicted octanol–water partition coefficient (Wildman–Crippen LogP) is 0.116. The van der Waals surface area contributed by atoms with Gasteiger partial charge >= 0.3 is 5.97 Å². The molecule has 0 saturated carbocycles. The summed E-state index contributed by atoms with van der Waals surface area (Å²) in [4.78, 5) is 23.8. The second kappa shape index (κ2) is 6.74. The van der Waals surface area contributed by atoms with Crippen LogP contribution in [0.2, 0.25) is 0 Å². The third-order valence-corrected chi connectivity index (χ3v) is 5.49. The van der Waals surface area contributed by atoms with Gasteiger partial charge in [-0.3, -0.25) is 4.79 Å². The minimum absolute atomic E-state index is 0.0228. The SMILES string of the molecule is CCS(=O)(=O)N1CCC[C@H](C(=O)NC(C)(C)C(=O)OC)C1. The molecule has 1 aliphatic rings. The fraction of sp³-hybridized carbons (Fsp3) is 0.846. The number of carbonyl (C=O) groups is 2. The van der Waals surface area contributed by atoms with Crippen LogP contribution < -0.4 is 5.32 Å².